The Morgan fingerprint density at radius 3 is 2.39 bits per heavy atom. The van der Waals surface area contributed by atoms with Crippen molar-refractivity contribution in [1.82, 2.24) is 0 Å². The summed E-state index contributed by atoms with van der Waals surface area (Å²) in [6.07, 6.45) is 2.57. The molecule has 0 aliphatic carbocycles. The van der Waals surface area contributed by atoms with Gasteiger partial charge < -0.3 is 4.90 Å². The van der Waals surface area contributed by atoms with Gasteiger partial charge >= 0.3 is 0 Å². The summed E-state index contributed by atoms with van der Waals surface area (Å²) in [6.45, 7) is 3.51. The first-order valence-corrected chi connectivity index (χ1v) is 15.2. The van der Waals surface area contributed by atoms with E-state index in [1.54, 1.807) is 23.1 Å². The standard InChI is InChI=1S/C28H24N2O3S3/c1-2-29-25(34-23-14-12-19-8-3-5-10-21(19)27(23)29)18-26-30(16-7-17-36(31,32)33)28-22-11-6-4-9-20(22)13-15-24(28)35-26/h3-6,8-15,18H,2,7,16-17H2,1H3/p+1. The van der Waals surface area contributed by atoms with Crippen LogP contribution in [0.15, 0.2) is 82.7 Å². The molecule has 0 amide bonds. The minimum Gasteiger partial charge on any atom is -0.335 e. The molecule has 5 nitrogen and oxygen atoms in total. The fourth-order valence-corrected chi connectivity index (χ4v) is 7.90. The lowest BCUT2D eigenvalue weighted by atomic mass is 10.1. The van der Waals surface area contributed by atoms with Crippen LogP contribution in [-0.4, -0.2) is 25.3 Å². The van der Waals surface area contributed by atoms with Gasteiger partial charge in [-0.25, -0.2) is 0 Å². The van der Waals surface area contributed by atoms with E-state index in [1.165, 1.54) is 21.4 Å². The molecule has 8 heteroatoms. The molecule has 0 fully saturated rings. The average Bonchev–Trinajstić information content (AvgIpc) is 3.41. The van der Waals surface area contributed by atoms with Gasteiger partial charge in [0, 0.05) is 23.2 Å². The second kappa shape index (κ2) is 9.19. The smallest absolute Gasteiger partial charge is 0.265 e. The van der Waals surface area contributed by atoms with Crippen LogP contribution in [0.25, 0.3) is 37.8 Å². The fraction of sp³-hybridized carbons (Fsp3) is 0.179. The maximum atomic E-state index is 11.4. The van der Waals surface area contributed by atoms with Crippen molar-refractivity contribution in [2.24, 2.45) is 0 Å². The molecule has 0 unspecified atom stereocenters. The lowest BCUT2D eigenvalue weighted by molar-refractivity contribution is -0.667. The predicted molar refractivity (Wildman–Crippen MR) is 151 cm³/mol. The summed E-state index contributed by atoms with van der Waals surface area (Å²) >= 11 is 3.49. The fourth-order valence-electron chi connectivity index (χ4n) is 5.01. The van der Waals surface area contributed by atoms with E-state index in [1.807, 2.05) is 12.1 Å². The number of anilines is 1. The molecule has 4 aromatic carbocycles. The molecule has 1 aromatic heterocycles. The van der Waals surface area contributed by atoms with E-state index in [-0.39, 0.29) is 5.75 Å². The average molecular weight is 534 g/mol. The highest BCUT2D eigenvalue weighted by Crippen LogP contribution is 2.50. The van der Waals surface area contributed by atoms with E-state index in [2.05, 4.69) is 83.1 Å². The third kappa shape index (κ3) is 4.18. The molecule has 0 spiro atoms. The van der Waals surface area contributed by atoms with Crippen molar-refractivity contribution < 1.29 is 17.5 Å². The molecule has 1 aliphatic heterocycles. The van der Waals surface area contributed by atoms with Crippen LogP contribution in [0.1, 0.15) is 18.4 Å². The maximum absolute atomic E-state index is 11.4. The van der Waals surface area contributed by atoms with Crippen LogP contribution < -0.4 is 9.47 Å². The normalized spacial score (nSPS) is 14.9. The first-order valence-electron chi connectivity index (χ1n) is 11.9. The summed E-state index contributed by atoms with van der Waals surface area (Å²) in [5, 5.41) is 6.98. The van der Waals surface area contributed by atoms with Crippen LogP contribution in [0.3, 0.4) is 0 Å². The Morgan fingerprint density at radius 1 is 0.944 bits per heavy atom. The van der Waals surface area contributed by atoms with Crippen LogP contribution in [0.2, 0.25) is 0 Å². The Balaban J connectivity index is 1.50. The summed E-state index contributed by atoms with van der Waals surface area (Å²) in [5.74, 6) is -0.259. The van der Waals surface area contributed by atoms with E-state index in [0.717, 1.165) is 37.6 Å². The van der Waals surface area contributed by atoms with Gasteiger partial charge in [0.15, 0.2) is 6.54 Å². The number of rotatable bonds is 6. The number of aromatic nitrogens is 1. The molecule has 182 valence electrons. The van der Waals surface area contributed by atoms with Gasteiger partial charge in [0.05, 0.1) is 27.9 Å². The molecule has 0 saturated heterocycles. The van der Waals surface area contributed by atoms with Crippen LogP contribution >= 0.6 is 23.1 Å². The summed E-state index contributed by atoms with van der Waals surface area (Å²) in [5.41, 5.74) is 2.35. The van der Waals surface area contributed by atoms with Crippen LogP contribution in [0, 0.1) is 0 Å². The highest BCUT2D eigenvalue weighted by atomic mass is 32.2. The summed E-state index contributed by atoms with van der Waals surface area (Å²) in [6, 6.07) is 25.4. The number of fused-ring (bicyclic) bond motifs is 6. The molecule has 0 radical (unpaired) electrons. The Labute approximate surface area is 218 Å². The van der Waals surface area contributed by atoms with Gasteiger partial charge in [-0.2, -0.15) is 13.0 Å². The van der Waals surface area contributed by atoms with Crippen molar-refractivity contribution >= 4 is 76.7 Å². The van der Waals surface area contributed by atoms with Gasteiger partial charge in [-0.1, -0.05) is 77.7 Å². The molecule has 0 bridgehead atoms. The lowest BCUT2D eigenvalue weighted by Crippen LogP contribution is -2.36. The number of thiazole rings is 1. The van der Waals surface area contributed by atoms with Crippen molar-refractivity contribution in [3.63, 3.8) is 0 Å². The largest absolute Gasteiger partial charge is 0.335 e. The number of thioether (sulfide) groups is 1. The minimum atomic E-state index is -4.02. The van der Waals surface area contributed by atoms with Crippen molar-refractivity contribution in [3.8, 4) is 0 Å². The van der Waals surface area contributed by atoms with Gasteiger partial charge in [0.1, 0.15) is 4.70 Å². The van der Waals surface area contributed by atoms with Crippen molar-refractivity contribution in [2.75, 3.05) is 17.2 Å². The molecule has 1 N–H and O–H groups in total. The van der Waals surface area contributed by atoms with Gasteiger partial charge in [-0.15, -0.1) is 0 Å². The highest BCUT2D eigenvalue weighted by molar-refractivity contribution is 8.04. The Kier molecular flexibility index (Phi) is 6.00. The SMILES string of the molecule is CCN1C(=Cc2sc3ccc4ccccc4c3[n+]2CCCS(=O)(=O)O)Sc2ccc3ccccc3c21. The Hall–Kier alpha value is -2.91. The molecule has 2 heterocycles. The molecular weight excluding hydrogens is 509 g/mol. The second-order valence-electron chi connectivity index (χ2n) is 8.83. The van der Waals surface area contributed by atoms with E-state index < -0.39 is 10.1 Å². The highest BCUT2D eigenvalue weighted by Gasteiger charge is 2.29. The van der Waals surface area contributed by atoms with Crippen LogP contribution in [-0.2, 0) is 16.7 Å². The van der Waals surface area contributed by atoms with E-state index in [9.17, 15) is 13.0 Å². The number of aryl methyl sites for hydroxylation is 1. The molecule has 0 saturated carbocycles. The molecule has 36 heavy (non-hydrogen) atoms. The topological polar surface area (TPSA) is 61.5 Å². The summed E-state index contributed by atoms with van der Waals surface area (Å²) in [7, 11) is -4.02. The zero-order chi connectivity index (χ0) is 24.9. The maximum Gasteiger partial charge on any atom is 0.265 e. The summed E-state index contributed by atoms with van der Waals surface area (Å²) < 4.78 is 35.6. The Morgan fingerprint density at radius 2 is 1.64 bits per heavy atom. The van der Waals surface area contributed by atoms with Gasteiger partial charge in [-0.3, -0.25) is 4.55 Å². The molecule has 6 rings (SSSR count). The second-order valence-corrected chi connectivity index (χ2v) is 12.5. The zero-order valence-electron chi connectivity index (χ0n) is 19.7. The van der Waals surface area contributed by atoms with Crippen molar-refractivity contribution in [1.29, 1.82) is 0 Å². The predicted octanol–water partition coefficient (Wildman–Crippen LogP) is 6.70. The minimum absolute atomic E-state index is 0.259. The third-order valence-electron chi connectivity index (χ3n) is 6.58. The third-order valence-corrected chi connectivity index (χ3v) is 9.57. The van der Waals surface area contributed by atoms with Crippen LogP contribution in [0.5, 0.6) is 0 Å². The monoisotopic (exact) mass is 533 g/mol. The first-order chi connectivity index (χ1) is 17.4. The quantitative estimate of drug-likeness (QED) is 0.194. The van der Waals surface area contributed by atoms with E-state index in [0.29, 0.717) is 13.0 Å². The van der Waals surface area contributed by atoms with Crippen LogP contribution in [0.4, 0.5) is 5.69 Å². The van der Waals surface area contributed by atoms with Gasteiger partial charge in [0.25, 0.3) is 15.1 Å². The molecule has 5 aromatic rings. The number of hydrogen-bond donors (Lipinski definition) is 1. The Bertz CT molecular complexity index is 1770. The zero-order valence-corrected chi connectivity index (χ0v) is 22.2. The molecule has 0 atom stereocenters. The van der Waals surface area contributed by atoms with Gasteiger partial charge in [0.2, 0.25) is 5.52 Å². The summed E-state index contributed by atoms with van der Waals surface area (Å²) in [4.78, 5) is 3.61. The number of hydrogen-bond acceptors (Lipinski definition) is 5. The van der Waals surface area contributed by atoms with E-state index >= 15 is 0 Å². The van der Waals surface area contributed by atoms with Crippen molar-refractivity contribution in [2.45, 2.75) is 24.8 Å². The molecular formula is C28H25N2O3S3+. The number of benzene rings is 4. The number of nitrogens with zero attached hydrogens (tertiary/aromatic N) is 2. The molecule has 1 aliphatic rings. The van der Waals surface area contributed by atoms with Gasteiger partial charge in [-0.05, 0) is 35.9 Å². The first kappa shape index (κ1) is 23.5. The van der Waals surface area contributed by atoms with Crippen molar-refractivity contribution in [3.05, 3.63) is 82.8 Å². The van der Waals surface area contributed by atoms with E-state index in [4.69, 9.17) is 0 Å². The lowest BCUT2D eigenvalue weighted by Gasteiger charge is -2.19.